The molecule has 0 saturated carbocycles. The molecule has 1 N–H and O–H groups in total. The standard InChI is InChI=1S/C9H16O3/c1-4-6-12-8(5-2)7(3)9(10)11/h8H,3-6H2,1-2H3,(H,10,11). The third kappa shape index (κ3) is 3.53. The van der Waals surface area contributed by atoms with Gasteiger partial charge in [-0.15, -0.1) is 0 Å². The Balaban J connectivity index is 3.96. The first kappa shape index (κ1) is 11.2. The fourth-order valence-corrected chi connectivity index (χ4v) is 0.863. The average molecular weight is 172 g/mol. The summed E-state index contributed by atoms with van der Waals surface area (Å²) in [6.45, 7) is 7.91. The van der Waals surface area contributed by atoms with Gasteiger partial charge in [0.15, 0.2) is 0 Å². The van der Waals surface area contributed by atoms with Crippen LogP contribution in [0, 0.1) is 0 Å². The third-order valence-electron chi connectivity index (χ3n) is 1.56. The van der Waals surface area contributed by atoms with Crippen molar-refractivity contribution in [2.24, 2.45) is 0 Å². The minimum absolute atomic E-state index is 0.144. The topological polar surface area (TPSA) is 46.5 Å². The maximum atomic E-state index is 10.5. The predicted molar refractivity (Wildman–Crippen MR) is 47.1 cm³/mol. The molecule has 0 saturated heterocycles. The summed E-state index contributed by atoms with van der Waals surface area (Å²) in [6.07, 6.45) is 1.22. The van der Waals surface area contributed by atoms with Crippen LogP contribution in [-0.2, 0) is 9.53 Å². The second-order valence-electron chi connectivity index (χ2n) is 2.60. The molecule has 0 aromatic heterocycles. The lowest BCUT2D eigenvalue weighted by Gasteiger charge is -2.14. The van der Waals surface area contributed by atoms with Gasteiger partial charge in [-0.25, -0.2) is 4.79 Å². The van der Waals surface area contributed by atoms with Crippen molar-refractivity contribution in [3.05, 3.63) is 12.2 Å². The van der Waals surface area contributed by atoms with Crippen LogP contribution in [-0.4, -0.2) is 23.8 Å². The molecule has 0 aliphatic carbocycles. The number of hydrogen-bond acceptors (Lipinski definition) is 2. The van der Waals surface area contributed by atoms with E-state index < -0.39 is 5.97 Å². The van der Waals surface area contributed by atoms with E-state index in [0.29, 0.717) is 13.0 Å². The van der Waals surface area contributed by atoms with E-state index in [9.17, 15) is 4.79 Å². The lowest BCUT2D eigenvalue weighted by Crippen LogP contribution is -2.20. The molecule has 12 heavy (non-hydrogen) atoms. The van der Waals surface area contributed by atoms with Crippen molar-refractivity contribution in [3.8, 4) is 0 Å². The Labute approximate surface area is 73.0 Å². The van der Waals surface area contributed by atoms with Crippen LogP contribution in [0.3, 0.4) is 0 Å². The van der Waals surface area contributed by atoms with Crippen LogP contribution in [0.5, 0.6) is 0 Å². The van der Waals surface area contributed by atoms with Gasteiger partial charge < -0.3 is 9.84 Å². The molecule has 70 valence electrons. The van der Waals surface area contributed by atoms with Gasteiger partial charge in [-0.3, -0.25) is 0 Å². The maximum absolute atomic E-state index is 10.5. The molecule has 0 aliphatic heterocycles. The summed E-state index contributed by atoms with van der Waals surface area (Å²) < 4.78 is 5.28. The summed E-state index contributed by atoms with van der Waals surface area (Å²) in [6, 6.07) is 0. The Morgan fingerprint density at radius 3 is 2.50 bits per heavy atom. The van der Waals surface area contributed by atoms with Crippen LogP contribution < -0.4 is 0 Å². The molecular formula is C9H16O3. The molecule has 0 amide bonds. The zero-order chi connectivity index (χ0) is 9.56. The van der Waals surface area contributed by atoms with E-state index in [4.69, 9.17) is 9.84 Å². The van der Waals surface area contributed by atoms with Crippen molar-refractivity contribution in [1.29, 1.82) is 0 Å². The first-order valence-electron chi connectivity index (χ1n) is 4.17. The van der Waals surface area contributed by atoms with Gasteiger partial charge >= 0.3 is 5.97 Å². The zero-order valence-corrected chi connectivity index (χ0v) is 7.67. The molecule has 0 spiro atoms. The van der Waals surface area contributed by atoms with Crippen LogP contribution in [0.4, 0.5) is 0 Å². The fraction of sp³-hybridized carbons (Fsp3) is 0.667. The number of ether oxygens (including phenoxy) is 1. The summed E-state index contributed by atoms with van der Waals surface area (Å²) in [5.74, 6) is -0.974. The van der Waals surface area contributed by atoms with Crippen molar-refractivity contribution in [1.82, 2.24) is 0 Å². The van der Waals surface area contributed by atoms with Crippen LogP contribution in [0.15, 0.2) is 12.2 Å². The molecule has 0 aliphatic rings. The Bertz CT molecular complexity index is 163. The van der Waals surface area contributed by atoms with Crippen molar-refractivity contribution in [2.45, 2.75) is 32.8 Å². The molecule has 1 unspecified atom stereocenters. The molecule has 3 nitrogen and oxygen atoms in total. The molecule has 0 heterocycles. The van der Waals surface area contributed by atoms with Crippen molar-refractivity contribution in [2.75, 3.05) is 6.61 Å². The highest BCUT2D eigenvalue weighted by Crippen LogP contribution is 2.09. The van der Waals surface area contributed by atoms with Gasteiger partial charge in [0.1, 0.15) is 0 Å². The first-order valence-corrected chi connectivity index (χ1v) is 4.17. The van der Waals surface area contributed by atoms with Crippen molar-refractivity contribution < 1.29 is 14.6 Å². The smallest absolute Gasteiger partial charge is 0.333 e. The van der Waals surface area contributed by atoms with Gasteiger partial charge in [-0.05, 0) is 12.8 Å². The second-order valence-corrected chi connectivity index (χ2v) is 2.60. The summed E-state index contributed by atoms with van der Waals surface area (Å²) in [4.78, 5) is 10.5. The van der Waals surface area contributed by atoms with Crippen molar-refractivity contribution >= 4 is 5.97 Å². The quantitative estimate of drug-likeness (QED) is 0.622. The molecule has 3 heteroatoms. The Morgan fingerprint density at radius 1 is 1.58 bits per heavy atom. The SMILES string of the molecule is C=C(C(=O)O)C(CC)OCCC. The minimum atomic E-state index is -0.974. The maximum Gasteiger partial charge on any atom is 0.333 e. The molecule has 0 bridgehead atoms. The summed E-state index contributed by atoms with van der Waals surface area (Å²) in [7, 11) is 0. The van der Waals surface area contributed by atoms with Gasteiger partial charge in [-0.1, -0.05) is 20.4 Å². The van der Waals surface area contributed by atoms with E-state index in [1.807, 2.05) is 13.8 Å². The summed E-state index contributed by atoms with van der Waals surface area (Å²) in [5, 5.41) is 8.60. The van der Waals surface area contributed by atoms with Gasteiger partial charge in [-0.2, -0.15) is 0 Å². The second kappa shape index (κ2) is 5.77. The molecule has 0 radical (unpaired) electrons. The average Bonchev–Trinajstić information content (AvgIpc) is 2.05. The van der Waals surface area contributed by atoms with Gasteiger partial charge in [0.25, 0.3) is 0 Å². The van der Waals surface area contributed by atoms with E-state index in [-0.39, 0.29) is 11.7 Å². The van der Waals surface area contributed by atoms with E-state index in [1.54, 1.807) is 0 Å². The fourth-order valence-electron chi connectivity index (χ4n) is 0.863. The number of aliphatic carboxylic acids is 1. The summed E-state index contributed by atoms with van der Waals surface area (Å²) >= 11 is 0. The molecule has 1 atom stereocenters. The highest BCUT2D eigenvalue weighted by Gasteiger charge is 2.16. The number of rotatable bonds is 6. The van der Waals surface area contributed by atoms with Crippen LogP contribution in [0.25, 0.3) is 0 Å². The third-order valence-corrected chi connectivity index (χ3v) is 1.56. The number of carboxylic acid groups (broad SMARTS) is 1. The van der Waals surface area contributed by atoms with Crippen LogP contribution in [0.2, 0.25) is 0 Å². The monoisotopic (exact) mass is 172 g/mol. The van der Waals surface area contributed by atoms with Gasteiger partial charge in [0, 0.05) is 6.61 Å². The minimum Gasteiger partial charge on any atom is -0.478 e. The van der Waals surface area contributed by atoms with Crippen LogP contribution in [0.1, 0.15) is 26.7 Å². The van der Waals surface area contributed by atoms with E-state index in [0.717, 1.165) is 6.42 Å². The molecule has 0 fully saturated rings. The Morgan fingerprint density at radius 2 is 2.17 bits per heavy atom. The largest absolute Gasteiger partial charge is 0.478 e. The lowest BCUT2D eigenvalue weighted by atomic mass is 10.1. The molecule has 0 aromatic rings. The van der Waals surface area contributed by atoms with E-state index in [1.165, 1.54) is 0 Å². The molecule has 0 rings (SSSR count). The van der Waals surface area contributed by atoms with Crippen molar-refractivity contribution in [3.63, 3.8) is 0 Å². The first-order chi connectivity index (χ1) is 5.63. The predicted octanol–water partition coefficient (Wildman–Crippen LogP) is 1.83. The highest BCUT2D eigenvalue weighted by molar-refractivity contribution is 5.86. The lowest BCUT2D eigenvalue weighted by molar-refractivity contribution is -0.134. The normalized spacial score (nSPS) is 12.5. The number of carboxylic acids is 1. The Kier molecular flexibility index (Phi) is 5.37. The Hall–Kier alpha value is -0.830. The van der Waals surface area contributed by atoms with Crippen LogP contribution >= 0.6 is 0 Å². The number of carbonyl (C=O) groups is 1. The highest BCUT2D eigenvalue weighted by atomic mass is 16.5. The van der Waals surface area contributed by atoms with Gasteiger partial charge in [0.05, 0.1) is 11.7 Å². The van der Waals surface area contributed by atoms with Gasteiger partial charge in [0.2, 0.25) is 0 Å². The molecular weight excluding hydrogens is 156 g/mol. The van der Waals surface area contributed by atoms with E-state index >= 15 is 0 Å². The summed E-state index contributed by atoms with van der Waals surface area (Å²) in [5.41, 5.74) is 0.144. The zero-order valence-electron chi connectivity index (χ0n) is 7.67. The molecule has 0 aromatic carbocycles. The number of hydrogen-bond donors (Lipinski definition) is 1. The van der Waals surface area contributed by atoms with E-state index in [2.05, 4.69) is 6.58 Å².